The van der Waals surface area contributed by atoms with Crippen LogP contribution in [0.2, 0.25) is 0 Å². The summed E-state index contributed by atoms with van der Waals surface area (Å²) in [5, 5.41) is 9.63. The predicted molar refractivity (Wildman–Crippen MR) is 71.4 cm³/mol. The molecule has 0 amide bonds. The van der Waals surface area contributed by atoms with Crippen molar-refractivity contribution in [3.8, 4) is 5.88 Å². The zero-order valence-electron chi connectivity index (χ0n) is 8.54. The summed E-state index contributed by atoms with van der Waals surface area (Å²) >= 11 is 6.30. The van der Waals surface area contributed by atoms with E-state index in [4.69, 9.17) is 12.2 Å². The van der Waals surface area contributed by atoms with Crippen LogP contribution in [0.3, 0.4) is 0 Å². The fourth-order valence-electron chi connectivity index (χ4n) is 1.63. The SMILES string of the molecule is Oc1[nH]c(=S)sc1C=C1C=Nc2cnccc21. The van der Waals surface area contributed by atoms with E-state index in [1.54, 1.807) is 18.6 Å². The number of thiazole rings is 1. The van der Waals surface area contributed by atoms with Crippen molar-refractivity contribution in [2.24, 2.45) is 4.99 Å². The summed E-state index contributed by atoms with van der Waals surface area (Å²) in [6.45, 7) is 0. The molecular weight excluding hydrogens is 254 g/mol. The third-order valence-corrected chi connectivity index (χ3v) is 3.57. The van der Waals surface area contributed by atoms with Crippen LogP contribution in [0, 0.1) is 3.95 Å². The smallest absolute Gasteiger partial charge is 0.207 e. The average Bonchev–Trinajstić information content (AvgIpc) is 2.85. The van der Waals surface area contributed by atoms with Gasteiger partial charge in [-0.15, -0.1) is 11.3 Å². The van der Waals surface area contributed by atoms with E-state index >= 15 is 0 Å². The van der Waals surface area contributed by atoms with Gasteiger partial charge in [0.2, 0.25) is 5.88 Å². The molecule has 0 fully saturated rings. The molecule has 0 bridgehead atoms. The van der Waals surface area contributed by atoms with E-state index < -0.39 is 0 Å². The number of H-pyrrole nitrogens is 1. The highest BCUT2D eigenvalue weighted by atomic mass is 32.1. The lowest BCUT2D eigenvalue weighted by atomic mass is 10.1. The minimum atomic E-state index is 0.100. The van der Waals surface area contributed by atoms with Gasteiger partial charge in [0.05, 0.1) is 16.8 Å². The van der Waals surface area contributed by atoms with Crippen molar-refractivity contribution in [2.45, 2.75) is 0 Å². The lowest BCUT2D eigenvalue weighted by molar-refractivity contribution is 0.456. The van der Waals surface area contributed by atoms with Crippen LogP contribution in [0.1, 0.15) is 10.4 Å². The molecule has 4 nitrogen and oxygen atoms in total. The summed E-state index contributed by atoms with van der Waals surface area (Å²) in [5.74, 6) is 0.100. The van der Waals surface area contributed by atoms with E-state index in [-0.39, 0.29) is 5.88 Å². The number of rotatable bonds is 1. The maximum atomic E-state index is 9.63. The van der Waals surface area contributed by atoms with Crippen molar-refractivity contribution in [3.63, 3.8) is 0 Å². The molecule has 0 aromatic carbocycles. The van der Waals surface area contributed by atoms with E-state index in [9.17, 15) is 5.11 Å². The Bertz CT molecular complexity index is 697. The van der Waals surface area contributed by atoms with Crippen molar-refractivity contribution in [1.29, 1.82) is 0 Å². The lowest BCUT2D eigenvalue weighted by Gasteiger charge is -1.97. The predicted octanol–water partition coefficient (Wildman–Crippen LogP) is 3.16. The van der Waals surface area contributed by atoms with Crippen LogP contribution in [-0.2, 0) is 0 Å². The molecule has 0 saturated heterocycles. The van der Waals surface area contributed by atoms with Gasteiger partial charge in [0, 0.05) is 23.5 Å². The second-order valence-electron chi connectivity index (χ2n) is 3.48. The lowest BCUT2D eigenvalue weighted by Crippen LogP contribution is -1.80. The van der Waals surface area contributed by atoms with Crippen LogP contribution >= 0.6 is 23.6 Å². The Morgan fingerprint density at radius 3 is 3.12 bits per heavy atom. The fraction of sp³-hybridized carbons (Fsp3) is 0. The molecule has 0 unspecified atom stereocenters. The molecule has 3 heterocycles. The second-order valence-corrected chi connectivity index (χ2v) is 5.20. The van der Waals surface area contributed by atoms with Gasteiger partial charge in [0.25, 0.3) is 0 Å². The molecule has 1 aliphatic heterocycles. The zero-order valence-corrected chi connectivity index (χ0v) is 10.2. The highest BCUT2D eigenvalue weighted by Crippen LogP contribution is 2.33. The molecule has 2 N–H and O–H groups in total. The Kier molecular flexibility index (Phi) is 2.38. The number of aromatic nitrogens is 2. The first-order valence-electron chi connectivity index (χ1n) is 4.86. The molecule has 0 spiro atoms. The number of nitrogens with zero attached hydrogens (tertiary/aromatic N) is 2. The van der Waals surface area contributed by atoms with Crippen LogP contribution in [0.5, 0.6) is 5.88 Å². The van der Waals surface area contributed by atoms with Crippen LogP contribution in [0.4, 0.5) is 5.69 Å². The molecule has 3 rings (SSSR count). The Balaban J connectivity index is 2.11. The summed E-state index contributed by atoms with van der Waals surface area (Å²) in [7, 11) is 0. The summed E-state index contributed by atoms with van der Waals surface area (Å²) < 4.78 is 0.555. The van der Waals surface area contributed by atoms with Crippen molar-refractivity contribution in [2.75, 3.05) is 0 Å². The number of nitrogens with one attached hydrogen (secondary N) is 1. The highest BCUT2D eigenvalue weighted by Gasteiger charge is 2.13. The van der Waals surface area contributed by atoms with Gasteiger partial charge in [0.15, 0.2) is 3.95 Å². The first-order valence-corrected chi connectivity index (χ1v) is 6.09. The van der Waals surface area contributed by atoms with Crippen molar-refractivity contribution < 1.29 is 5.11 Å². The maximum Gasteiger partial charge on any atom is 0.207 e. The van der Waals surface area contributed by atoms with E-state index in [0.29, 0.717) is 8.83 Å². The Labute approximate surface area is 106 Å². The molecule has 17 heavy (non-hydrogen) atoms. The first-order chi connectivity index (χ1) is 8.24. The van der Waals surface area contributed by atoms with Gasteiger partial charge in [-0.2, -0.15) is 0 Å². The van der Waals surface area contributed by atoms with Crippen LogP contribution < -0.4 is 0 Å². The Morgan fingerprint density at radius 2 is 2.35 bits per heavy atom. The average molecular weight is 261 g/mol. The number of aliphatic imine (C=N–C) groups is 1. The van der Waals surface area contributed by atoms with Crippen molar-refractivity contribution in [3.05, 3.63) is 32.9 Å². The third kappa shape index (κ3) is 1.81. The quantitative estimate of drug-likeness (QED) is 0.775. The van der Waals surface area contributed by atoms with E-state index in [0.717, 1.165) is 16.8 Å². The molecule has 0 atom stereocenters. The van der Waals surface area contributed by atoms with E-state index in [1.807, 2.05) is 12.1 Å². The summed E-state index contributed by atoms with van der Waals surface area (Å²) in [4.78, 5) is 11.7. The number of hydrogen-bond acceptors (Lipinski definition) is 5. The molecule has 2 aromatic heterocycles. The molecule has 6 heteroatoms. The molecule has 1 aliphatic rings. The number of fused-ring (bicyclic) bond motifs is 1. The van der Waals surface area contributed by atoms with Gasteiger partial charge in [0.1, 0.15) is 0 Å². The van der Waals surface area contributed by atoms with Gasteiger partial charge >= 0.3 is 0 Å². The van der Waals surface area contributed by atoms with Crippen molar-refractivity contribution in [1.82, 2.24) is 9.97 Å². The fourth-order valence-corrected chi connectivity index (χ4v) is 2.67. The topological polar surface area (TPSA) is 61.3 Å². The van der Waals surface area contributed by atoms with Gasteiger partial charge in [-0.25, -0.2) is 0 Å². The summed E-state index contributed by atoms with van der Waals surface area (Å²) in [6, 6.07) is 1.90. The zero-order chi connectivity index (χ0) is 11.8. The third-order valence-electron chi connectivity index (χ3n) is 2.40. The monoisotopic (exact) mass is 261 g/mol. The number of hydrogen-bond donors (Lipinski definition) is 2. The maximum absolute atomic E-state index is 9.63. The minimum absolute atomic E-state index is 0.100. The van der Waals surface area contributed by atoms with Crippen LogP contribution in [0.15, 0.2) is 23.5 Å². The summed E-state index contributed by atoms with van der Waals surface area (Å²) in [5.41, 5.74) is 2.80. The molecular formula is C11H7N3OS2. The van der Waals surface area contributed by atoms with Gasteiger partial charge in [-0.1, -0.05) is 0 Å². The minimum Gasteiger partial charge on any atom is -0.494 e. The van der Waals surface area contributed by atoms with Crippen LogP contribution in [0.25, 0.3) is 11.6 Å². The Hall–Kier alpha value is -1.79. The van der Waals surface area contributed by atoms with Crippen molar-refractivity contribution >= 4 is 47.1 Å². The second kappa shape index (κ2) is 3.90. The normalized spacial score (nSPS) is 15.4. The molecule has 0 saturated carbocycles. The molecule has 0 aliphatic carbocycles. The molecule has 0 radical (unpaired) electrons. The number of aromatic hydroxyl groups is 1. The van der Waals surface area contributed by atoms with Gasteiger partial charge in [-0.05, 0) is 24.4 Å². The molecule has 84 valence electrons. The van der Waals surface area contributed by atoms with E-state index in [2.05, 4.69) is 15.0 Å². The van der Waals surface area contributed by atoms with E-state index in [1.165, 1.54) is 11.3 Å². The molecule has 2 aromatic rings. The van der Waals surface area contributed by atoms with Gasteiger partial charge in [-0.3, -0.25) is 9.98 Å². The number of pyridine rings is 1. The number of aromatic amines is 1. The standard InChI is InChI=1S/C11H7N3OS2/c15-10-9(17-11(16)14-10)3-6-4-13-8-5-12-2-1-7(6)8/h1-5,15H,(H,14,16). The van der Waals surface area contributed by atoms with Gasteiger partial charge < -0.3 is 10.1 Å². The first kappa shape index (κ1) is 10.4. The Morgan fingerprint density at radius 1 is 1.47 bits per heavy atom. The number of allylic oxidation sites excluding steroid dienone is 1. The van der Waals surface area contributed by atoms with Crippen LogP contribution in [-0.4, -0.2) is 21.3 Å². The summed E-state index contributed by atoms with van der Waals surface area (Å²) in [6.07, 6.45) is 7.06. The highest BCUT2D eigenvalue weighted by molar-refractivity contribution is 7.73. The largest absolute Gasteiger partial charge is 0.494 e.